The molecule has 2 aliphatic heterocycles. The average Bonchev–Trinajstić information content (AvgIpc) is 3.00. The number of hydrogen-bond acceptors (Lipinski definition) is 7. The van der Waals surface area contributed by atoms with Crippen LogP contribution in [0.25, 0.3) is 0 Å². The first-order chi connectivity index (χ1) is 13.5. The van der Waals surface area contributed by atoms with E-state index in [2.05, 4.69) is 6.58 Å². The van der Waals surface area contributed by atoms with Crippen LogP contribution in [0.15, 0.2) is 12.8 Å². The lowest BCUT2D eigenvalue weighted by Crippen LogP contribution is -2.49. The van der Waals surface area contributed by atoms with Crippen LogP contribution in [-0.4, -0.2) is 66.9 Å². The van der Waals surface area contributed by atoms with Gasteiger partial charge in [-0.1, -0.05) is 6.58 Å². The summed E-state index contributed by atoms with van der Waals surface area (Å²) in [6.07, 6.45) is 5.94. The van der Waals surface area contributed by atoms with Crippen molar-refractivity contribution in [1.29, 1.82) is 0 Å². The lowest BCUT2D eigenvalue weighted by Gasteiger charge is -2.37. The summed E-state index contributed by atoms with van der Waals surface area (Å²) in [4.78, 5) is 8.36. The van der Waals surface area contributed by atoms with Gasteiger partial charge in [-0.3, -0.25) is 10.0 Å². The Morgan fingerprint density at radius 3 is 2.00 bits per heavy atom. The number of carbonyl (C=O) groups is 1. The Labute approximate surface area is 180 Å². The number of carboxylic acid groups (broad SMARTS) is 1. The van der Waals surface area contributed by atoms with Crippen molar-refractivity contribution in [2.24, 2.45) is 0 Å². The number of ether oxygens (including phenoxy) is 3. The number of rotatable bonds is 4. The molecule has 2 aliphatic rings. The summed E-state index contributed by atoms with van der Waals surface area (Å²) < 4.78 is 17.9. The van der Waals surface area contributed by atoms with Gasteiger partial charge >= 0.3 is 5.72 Å². The first kappa shape index (κ1) is 28.3. The zero-order chi connectivity index (χ0) is 23.8. The third-order valence-electron chi connectivity index (χ3n) is 4.31. The van der Waals surface area contributed by atoms with E-state index in [0.29, 0.717) is 0 Å². The van der Waals surface area contributed by atoms with Gasteiger partial charge in [0.2, 0.25) is 0 Å². The highest BCUT2D eigenvalue weighted by molar-refractivity contribution is 5.52. The van der Waals surface area contributed by atoms with Gasteiger partial charge < -0.3 is 24.5 Å². The predicted octanol–water partition coefficient (Wildman–Crippen LogP) is 3.97. The molecular formula is C21H41N2O7+. The van der Waals surface area contributed by atoms with Crippen LogP contribution in [0.2, 0.25) is 0 Å². The molecule has 0 aromatic heterocycles. The molecule has 30 heavy (non-hydrogen) atoms. The Morgan fingerprint density at radius 1 is 1.13 bits per heavy atom. The van der Waals surface area contributed by atoms with Crippen LogP contribution in [0.1, 0.15) is 81.1 Å². The van der Waals surface area contributed by atoms with E-state index in [0.717, 1.165) is 30.7 Å². The third kappa shape index (κ3) is 9.42. The quantitative estimate of drug-likeness (QED) is 0.264. The van der Waals surface area contributed by atoms with E-state index in [1.165, 1.54) is 11.0 Å². The van der Waals surface area contributed by atoms with Crippen LogP contribution in [0.3, 0.4) is 0 Å². The topological polar surface area (TPSA) is 112 Å². The van der Waals surface area contributed by atoms with Crippen molar-refractivity contribution >= 4 is 12.7 Å². The highest BCUT2D eigenvalue weighted by Crippen LogP contribution is 2.36. The van der Waals surface area contributed by atoms with Crippen LogP contribution in [0.5, 0.6) is 0 Å². The number of nitrogens with zero attached hydrogens (tertiary/aromatic N) is 2. The second-order valence-electron chi connectivity index (χ2n) is 9.59. The lowest BCUT2D eigenvalue weighted by atomic mass is 10.1. The molecule has 3 atom stereocenters. The monoisotopic (exact) mass is 433 g/mol. The van der Waals surface area contributed by atoms with E-state index >= 15 is 0 Å². The highest BCUT2D eigenvalue weighted by Gasteiger charge is 2.47. The zero-order valence-electron chi connectivity index (χ0n) is 19.7. The second-order valence-corrected chi connectivity index (χ2v) is 9.59. The molecule has 9 nitrogen and oxygen atoms in total. The van der Waals surface area contributed by atoms with Gasteiger partial charge in [0, 0.05) is 19.8 Å². The van der Waals surface area contributed by atoms with Gasteiger partial charge in [-0.15, -0.1) is 5.06 Å². The molecule has 1 saturated heterocycles. The summed E-state index contributed by atoms with van der Waals surface area (Å²) >= 11 is 0. The summed E-state index contributed by atoms with van der Waals surface area (Å²) in [7, 11) is 0. The maximum Gasteiger partial charge on any atom is 0.312 e. The first-order valence-electron chi connectivity index (χ1n) is 10.1. The first-order valence-corrected chi connectivity index (χ1v) is 10.1. The summed E-state index contributed by atoms with van der Waals surface area (Å²) in [5.41, 5.74) is -1.71. The lowest BCUT2D eigenvalue weighted by molar-refractivity contribution is -0.849. The van der Waals surface area contributed by atoms with Gasteiger partial charge in [-0.2, -0.15) is 0 Å². The highest BCUT2D eigenvalue weighted by atomic mass is 16.7. The molecule has 0 radical (unpaired) electrons. The molecule has 0 aliphatic carbocycles. The molecule has 0 bridgehead atoms. The minimum atomic E-state index is -0.675. The Hall–Kier alpha value is -1.68. The minimum absolute atomic E-state index is 0.214. The van der Waals surface area contributed by atoms with E-state index in [4.69, 9.17) is 24.1 Å². The van der Waals surface area contributed by atoms with Crippen LogP contribution < -0.4 is 0 Å². The van der Waals surface area contributed by atoms with Crippen molar-refractivity contribution < 1.29 is 39.3 Å². The summed E-state index contributed by atoms with van der Waals surface area (Å²) in [6.45, 7) is 18.9. The van der Waals surface area contributed by atoms with Crippen LogP contribution in [-0.2, 0) is 19.0 Å². The molecule has 2 rings (SSSR count). The summed E-state index contributed by atoms with van der Waals surface area (Å²) in [5.74, 6) is 0. The van der Waals surface area contributed by atoms with E-state index < -0.39 is 11.4 Å². The smallest absolute Gasteiger partial charge is 0.312 e. The van der Waals surface area contributed by atoms with Crippen LogP contribution in [0.4, 0.5) is 0 Å². The van der Waals surface area contributed by atoms with Gasteiger partial charge in [0.25, 0.3) is 6.47 Å². The van der Waals surface area contributed by atoms with Crippen LogP contribution >= 0.6 is 0 Å². The molecular weight excluding hydrogens is 392 g/mol. The molecule has 3 unspecified atom stereocenters. The van der Waals surface area contributed by atoms with E-state index in [-0.39, 0.29) is 23.9 Å². The van der Waals surface area contributed by atoms with Crippen LogP contribution in [0, 0.1) is 0 Å². The van der Waals surface area contributed by atoms with Gasteiger partial charge in [0.1, 0.15) is 5.72 Å². The van der Waals surface area contributed by atoms with Crippen molar-refractivity contribution in [1.82, 2.24) is 5.06 Å². The Kier molecular flexibility index (Phi) is 10.5. The maximum atomic E-state index is 9.94. The van der Waals surface area contributed by atoms with E-state index in [9.17, 15) is 10.4 Å². The minimum Gasteiger partial charge on any atom is -0.483 e. The SMILES string of the molecule is C=COC1CCC(C)(OC(C)(C)C)N1O.CC(C)(C)OC1(C)CCC=[N+]1O.O=CO. The molecule has 176 valence electrons. The van der Waals surface area contributed by atoms with Crippen molar-refractivity contribution in [3.8, 4) is 0 Å². The third-order valence-corrected chi connectivity index (χ3v) is 4.31. The fraction of sp³-hybridized carbons (Fsp3) is 0.810. The van der Waals surface area contributed by atoms with Gasteiger partial charge in [-0.05, 0) is 59.6 Å². The Balaban J connectivity index is 0.000000505. The molecule has 1 fully saturated rings. The second kappa shape index (κ2) is 11.1. The molecule has 0 spiro atoms. The zero-order valence-corrected chi connectivity index (χ0v) is 19.7. The Bertz CT molecular complexity index is 583. The predicted molar refractivity (Wildman–Crippen MR) is 112 cm³/mol. The standard InChI is InChI=1S/C11H21NO3.C9H18NO2.CH2O2/c1-6-14-9-7-8-11(5,12(9)13)15-10(2,3)4;1-8(2,3)12-9(4)6-5-7-10(9)11;2-1-3/h6,9,13H,1,7-8H2,2-5H3;7,11H,5-6H2,1-4H3;1H,(H,2,3)/q;+1;. The summed E-state index contributed by atoms with van der Waals surface area (Å²) in [6, 6.07) is 0. The molecule has 9 heteroatoms. The van der Waals surface area contributed by atoms with Crippen molar-refractivity contribution in [2.75, 3.05) is 0 Å². The molecule has 0 amide bonds. The number of hydroxylamine groups is 3. The fourth-order valence-corrected chi connectivity index (χ4v) is 3.45. The largest absolute Gasteiger partial charge is 0.483 e. The van der Waals surface area contributed by atoms with Crippen molar-refractivity contribution in [3.63, 3.8) is 0 Å². The van der Waals surface area contributed by atoms with Crippen molar-refractivity contribution in [2.45, 2.75) is 110 Å². The average molecular weight is 434 g/mol. The summed E-state index contributed by atoms with van der Waals surface area (Å²) in [5, 5.41) is 27.4. The number of hydrogen-bond donors (Lipinski definition) is 3. The van der Waals surface area contributed by atoms with Gasteiger partial charge in [0.15, 0.2) is 12.4 Å². The normalized spacial score (nSPS) is 29.1. The van der Waals surface area contributed by atoms with Crippen molar-refractivity contribution in [3.05, 3.63) is 12.8 Å². The fourth-order valence-electron chi connectivity index (χ4n) is 3.45. The molecule has 0 saturated carbocycles. The molecule has 3 N–H and O–H groups in total. The molecule has 0 aromatic carbocycles. The maximum absolute atomic E-state index is 9.94. The molecule has 0 aromatic rings. The Morgan fingerprint density at radius 2 is 1.63 bits per heavy atom. The van der Waals surface area contributed by atoms with Gasteiger partial charge in [-0.25, -0.2) is 0 Å². The van der Waals surface area contributed by atoms with E-state index in [1.807, 2.05) is 55.4 Å². The van der Waals surface area contributed by atoms with Gasteiger partial charge in [0.05, 0.1) is 23.9 Å². The molecule has 2 heterocycles. The van der Waals surface area contributed by atoms with E-state index in [1.54, 1.807) is 6.21 Å².